The molecule has 0 saturated carbocycles. The molecule has 3 heterocycles. The Labute approximate surface area is 195 Å². The Balaban J connectivity index is 1.42. The highest BCUT2D eigenvalue weighted by Crippen LogP contribution is 2.27. The van der Waals surface area contributed by atoms with Crippen LogP contribution in [0.5, 0.6) is 5.75 Å². The van der Waals surface area contributed by atoms with E-state index in [1.54, 1.807) is 6.20 Å². The minimum atomic E-state index is -0.187. The number of carbonyl (C=O) groups is 2. The zero-order valence-corrected chi connectivity index (χ0v) is 19.7. The summed E-state index contributed by atoms with van der Waals surface area (Å²) in [4.78, 5) is 33.6. The molecule has 4 rings (SSSR count). The molecule has 8 nitrogen and oxygen atoms in total. The number of rotatable bonds is 7. The average Bonchev–Trinajstić information content (AvgIpc) is 3.19. The fourth-order valence-corrected chi connectivity index (χ4v) is 4.81. The summed E-state index contributed by atoms with van der Waals surface area (Å²) in [5.41, 5.74) is 2.13. The van der Waals surface area contributed by atoms with Crippen LogP contribution in [0, 0.1) is 0 Å². The highest BCUT2D eigenvalue weighted by Gasteiger charge is 2.29. The summed E-state index contributed by atoms with van der Waals surface area (Å²) in [6, 6.07) is 5.99. The minimum Gasteiger partial charge on any atom is -0.491 e. The van der Waals surface area contributed by atoms with Gasteiger partial charge in [-0.25, -0.2) is 4.98 Å². The molecule has 1 fully saturated rings. The van der Waals surface area contributed by atoms with Crippen LogP contribution in [0.15, 0.2) is 30.6 Å². The molecule has 2 aliphatic rings. The van der Waals surface area contributed by atoms with Gasteiger partial charge < -0.3 is 18.9 Å². The molecule has 1 saturated heterocycles. The zero-order valence-electron chi connectivity index (χ0n) is 19.7. The Morgan fingerprint density at radius 1 is 1.24 bits per heavy atom. The molecule has 33 heavy (non-hydrogen) atoms. The second kappa shape index (κ2) is 10.8. The quantitative estimate of drug-likeness (QED) is 0.599. The second-order valence-corrected chi connectivity index (χ2v) is 8.75. The normalized spacial score (nSPS) is 18.8. The van der Waals surface area contributed by atoms with Crippen LogP contribution in [0.25, 0.3) is 0 Å². The second-order valence-electron chi connectivity index (χ2n) is 8.75. The van der Waals surface area contributed by atoms with E-state index in [0.717, 1.165) is 54.9 Å². The lowest BCUT2D eigenvalue weighted by atomic mass is 10.0. The maximum atomic E-state index is 13.0. The van der Waals surface area contributed by atoms with Gasteiger partial charge in [0, 0.05) is 50.4 Å². The van der Waals surface area contributed by atoms with Gasteiger partial charge in [-0.05, 0) is 37.1 Å². The number of hydrogen-bond acceptors (Lipinski definition) is 6. The van der Waals surface area contributed by atoms with Crippen LogP contribution in [0.2, 0.25) is 0 Å². The first-order valence-electron chi connectivity index (χ1n) is 11.9. The summed E-state index contributed by atoms with van der Waals surface area (Å²) in [7, 11) is 1.45. The number of piperidine rings is 1. The predicted molar refractivity (Wildman–Crippen MR) is 124 cm³/mol. The number of aromatic nitrogens is 2. The van der Waals surface area contributed by atoms with Gasteiger partial charge in [-0.3, -0.25) is 14.5 Å². The summed E-state index contributed by atoms with van der Waals surface area (Å²) >= 11 is 0. The van der Waals surface area contributed by atoms with Crippen molar-refractivity contribution in [2.45, 2.75) is 64.7 Å². The molecule has 2 aromatic rings. The number of carbonyl (C=O) groups excluding carboxylic acids is 2. The van der Waals surface area contributed by atoms with Crippen LogP contribution in [0.3, 0.4) is 0 Å². The molecule has 0 bridgehead atoms. The smallest absolute Gasteiger partial charge is 0.323 e. The van der Waals surface area contributed by atoms with Gasteiger partial charge in [-0.1, -0.05) is 19.4 Å². The Kier molecular flexibility index (Phi) is 7.65. The number of fused-ring (bicyclic) bond motifs is 1. The van der Waals surface area contributed by atoms with Crippen molar-refractivity contribution in [2.24, 2.45) is 0 Å². The number of amides is 1. The van der Waals surface area contributed by atoms with Gasteiger partial charge >= 0.3 is 5.97 Å². The van der Waals surface area contributed by atoms with Gasteiger partial charge in [0.2, 0.25) is 5.91 Å². The molecule has 0 radical (unpaired) electrons. The molecule has 1 aromatic heterocycles. The van der Waals surface area contributed by atoms with Crippen molar-refractivity contribution in [1.82, 2.24) is 19.4 Å². The van der Waals surface area contributed by atoms with Gasteiger partial charge in [-0.15, -0.1) is 0 Å². The molecule has 1 atom stereocenters. The standard InChI is InChI=1S/C25H34N4O4/c1-3-23-26-10-13-27(23)12-9-24(30)29-14-15-33-22-8-7-19(16-20(22)18-29)17-28-11-5-4-6-21(28)25(31)32-2/h7-8,10,13,16,21H,3-6,9,11-12,14-15,17-18H2,1-2H3. The number of nitrogens with zero attached hydrogens (tertiary/aromatic N) is 4. The monoisotopic (exact) mass is 454 g/mol. The average molecular weight is 455 g/mol. The van der Waals surface area contributed by atoms with Crippen LogP contribution in [0.4, 0.5) is 0 Å². The third kappa shape index (κ3) is 5.55. The third-order valence-electron chi connectivity index (χ3n) is 6.61. The Hall–Kier alpha value is -2.87. The van der Waals surface area contributed by atoms with E-state index >= 15 is 0 Å². The van der Waals surface area contributed by atoms with E-state index in [2.05, 4.69) is 33.5 Å². The first kappa shape index (κ1) is 23.3. The van der Waals surface area contributed by atoms with Gasteiger partial charge in [0.15, 0.2) is 0 Å². The van der Waals surface area contributed by atoms with Crippen molar-refractivity contribution >= 4 is 11.9 Å². The molecule has 1 unspecified atom stereocenters. The van der Waals surface area contributed by atoms with Crippen LogP contribution in [0.1, 0.15) is 49.6 Å². The number of aryl methyl sites for hydroxylation is 2. The van der Waals surface area contributed by atoms with Crippen molar-refractivity contribution in [3.8, 4) is 5.75 Å². The van der Waals surface area contributed by atoms with E-state index in [0.29, 0.717) is 39.2 Å². The number of methoxy groups -OCH3 is 1. The number of esters is 1. The van der Waals surface area contributed by atoms with Gasteiger partial charge in [0.25, 0.3) is 0 Å². The number of likely N-dealkylation sites (tertiary alicyclic amines) is 1. The minimum absolute atomic E-state index is 0.120. The molecule has 2 aliphatic heterocycles. The summed E-state index contributed by atoms with van der Waals surface area (Å²) in [6.07, 6.45) is 7.97. The topological polar surface area (TPSA) is 76.9 Å². The Morgan fingerprint density at radius 3 is 2.94 bits per heavy atom. The molecule has 0 aliphatic carbocycles. The van der Waals surface area contributed by atoms with Crippen molar-refractivity contribution in [3.63, 3.8) is 0 Å². The largest absolute Gasteiger partial charge is 0.491 e. The molecule has 178 valence electrons. The lowest BCUT2D eigenvalue weighted by Crippen LogP contribution is -2.44. The van der Waals surface area contributed by atoms with E-state index in [1.807, 2.05) is 17.2 Å². The molecular weight excluding hydrogens is 420 g/mol. The first-order valence-corrected chi connectivity index (χ1v) is 11.9. The van der Waals surface area contributed by atoms with E-state index in [4.69, 9.17) is 9.47 Å². The van der Waals surface area contributed by atoms with E-state index in [9.17, 15) is 9.59 Å². The highest BCUT2D eigenvalue weighted by molar-refractivity contribution is 5.76. The Bertz CT molecular complexity index is 973. The Morgan fingerprint density at radius 2 is 2.12 bits per heavy atom. The lowest BCUT2D eigenvalue weighted by molar-refractivity contribution is -0.148. The molecule has 0 N–H and O–H groups in total. The predicted octanol–water partition coefficient (Wildman–Crippen LogP) is 2.78. The fourth-order valence-electron chi connectivity index (χ4n) is 4.81. The fraction of sp³-hybridized carbons (Fsp3) is 0.560. The molecule has 1 amide bonds. The van der Waals surface area contributed by atoms with Gasteiger partial charge in [0.05, 0.1) is 13.7 Å². The molecule has 0 spiro atoms. The SMILES string of the molecule is CCc1nccn1CCC(=O)N1CCOc2ccc(CN3CCCCC3C(=O)OC)cc2C1. The zero-order chi connectivity index (χ0) is 23.2. The molecule has 8 heteroatoms. The number of benzene rings is 1. The maximum Gasteiger partial charge on any atom is 0.323 e. The summed E-state index contributed by atoms with van der Waals surface area (Å²) in [5.74, 6) is 1.79. The molecule has 1 aromatic carbocycles. The van der Waals surface area contributed by atoms with Crippen molar-refractivity contribution in [1.29, 1.82) is 0 Å². The maximum absolute atomic E-state index is 13.0. The lowest BCUT2D eigenvalue weighted by Gasteiger charge is -2.33. The van der Waals surface area contributed by atoms with Crippen LogP contribution < -0.4 is 4.74 Å². The molecular formula is C25H34N4O4. The van der Waals surface area contributed by atoms with Crippen LogP contribution in [-0.2, 0) is 40.4 Å². The third-order valence-corrected chi connectivity index (χ3v) is 6.61. The summed E-state index contributed by atoms with van der Waals surface area (Å²) in [5, 5.41) is 0. The van der Waals surface area contributed by atoms with Crippen LogP contribution in [-0.4, -0.2) is 64.1 Å². The van der Waals surface area contributed by atoms with Gasteiger partial charge in [0.1, 0.15) is 24.2 Å². The highest BCUT2D eigenvalue weighted by atomic mass is 16.5. The van der Waals surface area contributed by atoms with E-state index in [-0.39, 0.29) is 17.9 Å². The van der Waals surface area contributed by atoms with Crippen LogP contribution >= 0.6 is 0 Å². The van der Waals surface area contributed by atoms with E-state index < -0.39 is 0 Å². The van der Waals surface area contributed by atoms with E-state index in [1.165, 1.54) is 7.11 Å². The number of ether oxygens (including phenoxy) is 2. The van der Waals surface area contributed by atoms with Crippen molar-refractivity contribution in [2.75, 3.05) is 26.8 Å². The van der Waals surface area contributed by atoms with Crippen molar-refractivity contribution in [3.05, 3.63) is 47.5 Å². The van der Waals surface area contributed by atoms with Crippen molar-refractivity contribution < 1.29 is 19.1 Å². The first-order chi connectivity index (χ1) is 16.1. The summed E-state index contributed by atoms with van der Waals surface area (Å²) in [6.45, 7) is 5.86. The number of imidazole rings is 1. The van der Waals surface area contributed by atoms with Gasteiger partial charge in [-0.2, -0.15) is 0 Å². The number of hydrogen-bond donors (Lipinski definition) is 0. The summed E-state index contributed by atoms with van der Waals surface area (Å²) < 4.78 is 13.0.